The second-order valence-electron chi connectivity index (χ2n) is 5.67. The monoisotopic (exact) mass is 344 g/mol. The molecule has 1 heterocycles. The first kappa shape index (κ1) is 16.2. The van der Waals surface area contributed by atoms with Gasteiger partial charge in [-0.1, -0.05) is 6.07 Å². The summed E-state index contributed by atoms with van der Waals surface area (Å²) < 4.78 is 38.1. The fourth-order valence-electron chi connectivity index (χ4n) is 2.44. The predicted octanol–water partition coefficient (Wildman–Crippen LogP) is 2.96. The molecule has 1 aliphatic heterocycles. The number of amides is 2. The number of benzene rings is 1. The summed E-state index contributed by atoms with van der Waals surface area (Å²) in [4.78, 5) is 26.0. The minimum Gasteiger partial charge on any atom is -0.324 e. The summed E-state index contributed by atoms with van der Waals surface area (Å²) in [6.07, 6.45) is -2.76. The first-order chi connectivity index (χ1) is 10.9. The summed E-state index contributed by atoms with van der Waals surface area (Å²) in [5.74, 6) is 0.458. The summed E-state index contributed by atoms with van der Waals surface area (Å²) in [5, 5.41) is 2.49. The number of thioether (sulfide) groups is 1. The van der Waals surface area contributed by atoms with Gasteiger partial charge >= 0.3 is 6.18 Å². The van der Waals surface area contributed by atoms with Crippen LogP contribution in [-0.4, -0.2) is 34.4 Å². The molecule has 2 fully saturated rings. The lowest BCUT2D eigenvalue weighted by Crippen LogP contribution is -2.45. The zero-order chi connectivity index (χ0) is 16.6. The van der Waals surface area contributed by atoms with Gasteiger partial charge in [0.25, 0.3) is 0 Å². The fraction of sp³-hybridized carbons (Fsp3) is 0.467. The molecule has 2 aliphatic rings. The SMILES string of the molecule is O=C(Nc1cccc(C(F)(F)F)c1)[C@@H]1CSCN1C(=O)C1CC1. The number of hydrogen-bond acceptors (Lipinski definition) is 3. The Kier molecular flexibility index (Phi) is 4.27. The van der Waals surface area contributed by atoms with Gasteiger partial charge in [0, 0.05) is 17.4 Å². The molecule has 1 aromatic carbocycles. The van der Waals surface area contributed by atoms with E-state index in [2.05, 4.69) is 5.32 Å². The molecular weight excluding hydrogens is 329 g/mol. The van der Waals surface area contributed by atoms with E-state index in [9.17, 15) is 22.8 Å². The van der Waals surface area contributed by atoms with Crippen LogP contribution < -0.4 is 5.32 Å². The lowest BCUT2D eigenvalue weighted by Gasteiger charge is -2.23. The van der Waals surface area contributed by atoms with Gasteiger partial charge in [0.05, 0.1) is 11.4 Å². The third-order valence-corrected chi connectivity index (χ3v) is 4.86. The Labute approximate surface area is 135 Å². The van der Waals surface area contributed by atoms with E-state index >= 15 is 0 Å². The van der Waals surface area contributed by atoms with Crippen LogP contribution in [0.2, 0.25) is 0 Å². The highest BCUT2D eigenvalue weighted by Gasteiger charge is 2.41. The summed E-state index contributed by atoms with van der Waals surface area (Å²) in [5.41, 5.74) is -0.734. The molecule has 3 rings (SSSR count). The molecule has 124 valence electrons. The van der Waals surface area contributed by atoms with E-state index in [1.807, 2.05) is 0 Å². The molecule has 23 heavy (non-hydrogen) atoms. The topological polar surface area (TPSA) is 49.4 Å². The Hall–Kier alpha value is -1.70. The maximum Gasteiger partial charge on any atom is 0.416 e. The number of carbonyl (C=O) groups excluding carboxylic acids is 2. The van der Waals surface area contributed by atoms with Gasteiger partial charge in [-0.15, -0.1) is 11.8 Å². The van der Waals surface area contributed by atoms with Crippen molar-refractivity contribution in [1.29, 1.82) is 0 Å². The molecule has 0 unspecified atom stereocenters. The Morgan fingerprint density at radius 3 is 2.65 bits per heavy atom. The molecule has 1 N–H and O–H groups in total. The van der Waals surface area contributed by atoms with Gasteiger partial charge in [-0.25, -0.2) is 0 Å². The molecular formula is C15H15F3N2O2S. The largest absolute Gasteiger partial charge is 0.416 e. The van der Waals surface area contributed by atoms with Crippen LogP contribution in [0.5, 0.6) is 0 Å². The molecule has 0 radical (unpaired) electrons. The van der Waals surface area contributed by atoms with Gasteiger partial charge in [0.1, 0.15) is 6.04 Å². The number of nitrogens with zero attached hydrogens (tertiary/aromatic N) is 1. The fourth-order valence-corrected chi connectivity index (χ4v) is 3.60. The van der Waals surface area contributed by atoms with Crippen molar-refractivity contribution in [2.24, 2.45) is 5.92 Å². The van der Waals surface area contributed by atoms with Crippen molar-refractivity contribution in [3.8, 4) is 0 Å². The highest BCUT2D eigenvalue weighted by Crippen LogP contribution is 2.35. The van der Waals surface area contributed by atoms with E-state index in [1.165, 1.54) is 28.8 Å². The number of halogens is 3. The first-order valence-corrected chi connectivity index (χ1v) is 8.38. The van der Waals surface area contributed by atoms with Crippen LogP contribution >= 0.6 is 11.8 Å². The first-order valence-electron chi connectivity index (χ1n) is 7.22. The van der Waals surface area contributed by atoms with Crippen LogP contribution in [0, 0.1) is 5.92 Å². The number of rotatable bonds is 3. The van der Waals surface area contributed by atoms with Gasteiger partial charge in [0.2, 0.25) is 11.8 Å². The van der Waals surface area contributed by atoms with E-state index in [1.54, 1.807) is 0 Å². The number of nitrogens with one attached hydrogen (secondary N) is 1. The number of alkyl halides is 3. The number of anilines is 1. The minimum absolute atomic E-state index is 0.0116. The van der Waals surface area contributed by atoms with Crippen molar-refractivity contribution < 1.29 is 22.8 Å². The molecule has 4 nitrogen and oxygen atoms in total. The molecule has 1 saturated heterocycles. The van der Waals surface area contributed by atoms with Crippen molar-refractivity contribution in [3.05, 3.63) is 29.8 Å². The predicted molar refractivity (Wildman–Crippen MR) is 80.8 cm³/mol. The van der Waals surface area contributed by atoms with E-state index in [4.69, 9.17) is 0 Å². The van der Waals surface area contributed by atoms with E-state index in [0.717, 1.165) is 25.0 Å². The Morgan fingerprint density at radius 1 is 1.26 bits per heavy atom. The van der Waals surface area contributed by atoms with Crippen LogP contribution in [-0.2, 0) is 15.8 Å². The zero-order valence-electron chi connectivity index (χ0n) is 12.1. The van der Waals surface area contributed by atoms with Gasteiger partial charge in [-0.05, 0) is 31.0 Å². The Bertz CT molecular complexity index is 631. The van der Waals surface area contributed by atoms with Crippen LogP contribution in [0.15, 0.2) is 24.3 Å². The summed E-state index contributed by atoms with van der Waals surface area (Å²) >= 11 is 1.47. The van der Waals surface area contributed by atoms with Crippen molar-refractivity contribution in [2.45, 2.75) is 25.1 Å². The number of carbonyl (C=O) groups is 2. The second kappa shape index (κ2) is 6.07. The third kappa shape index (κ3) is 3.63. The van der Waals surface area contributed by atoms with Crippen molar-refractivity contribution in [1.82, 2.24) is 4.90 Å². The smallest absolute Gasteiger partial charge is 0.324 e. The summed E-state index contributed by atoms with van der Waals surface area (Å²) in [7, 11) is 0. The van der Waals surface area contributed by atoms with E-state index in [-0.39, 0.29) is 17.5 Å². The van der Waals surface area contributed by atoms with Crippen LogP contribution in [0.3, 0.4) is 0 Å². The van der Waals surface area contributed by atoms with Crippen molar-refractivity contribution in [2.75, 3.05) is 16.9 Å². The third-order valence-electron chi connectivity index (χ3n) is 3.85. The maximum absolute atomic E-state index is 12.7. The molecule has 0 aromatic heterocycles. The van der Waals surface area contributed by atoms with Crippen LogP contribution in [0.4, 0.5) is 18.9 Å². The van der Waals surface area contributed by atoms with E-state index < -0.39 is 23.7 Å². The Balaban J connectivity index is 1.70. The maximum atomic E-state index is 12.7. The molecule has 2 amide bonds. The average molecular weight is 344 g/mol. The van der Waals surface area contributed by atoms with Gasteiger partial charge in [-0.3, -0.25) is 9.59 Å². The van der Waals surface area contributed by atoms with Gasteiger partial charge < -0.3 is 10.2 Å². The lowest BCUT2D eigenvalue weighted by atomic mass is 10.2. The van der Waals surface area contributed by atoms with E-state index in [0.29, 0.717) is 11.6 Å². The molecule has 0 bridgehead atoms. The molecule has 1 saturated carbocycles. The highest BCUT2D eigenvalue weighted by molar-refractivity contribution is 7.99. The van der Waals surface area contributed by atoms with Gasteiger partial charge in [-0.2, -0.15) is 13.2 Å². The standard InChI is InChI=1S/C15H15F3N2O2S/c16-15(17,18)10-2-1-3-11(6-10)19-13(21)12-7-23-8-20(12)14(22)9-4-5-9/h1-3,6,9,12H,4-5,7-8H2,(H,19,21)/t12-/m0/s1. The Morgan fingerprint density at radius 2 is 2.00 bits per heavy atom. The van der Waals surface area contributed by atoms with Gasteiger partial charge in [0.15, 0.2) is 0 Å². The number of hydrogen-bond donors (Lipinski definition) is 1. The molecule has 1 atom stereocenters. The van der Waals surface area contributed by atoms with Crippen molar-refractivity contribution >= 4 is 29.3 Å². The quantitative estimate of drug-likeness (QED) is 0.917. The normalized spacial score (nSPS) is 21.3. The average Bonchev–Trinajstić information content (AvgIpc) is 3.22. The highest BCUT2D eigenvalue weighted by atomic mass is 32.2. The summed E-state index contributed by atoms with van der Waals surface area (Å²) in [6.45, 7) is 0. The van der Waals surface area contributed by atoms with Crippen LogP contribution in [0.1, 0.15) is 18.4 Å². The minimum atomic E-state index is -4.46. The zero-order valence-corrected chi connectivity index (χ0v) is 12.9. The molecule has 0 spiro atoms. The van der Waals surface area contributed by atoms with Crippen LogP contribution in [0.25, 0.3) is 0 Å². The molecule has 8 heteroatoms. The molecule has 1 aromatic rings. The molecule has 1 aliphatic carbocycles. The summed E-state index contributed by atoms with van der Waals surface area (Å²) in [6, 6.07) is 3.87. The lowest BCUT2D eigenvalue weighted by molar-refractivity contribution is -0.137. The van der Waals surface area contributed by atoms with Crippen molar-refractivity contribution in [3.63, 3.8) is 0 Å². The second-order valence-corrected chi connectivity index (χ2v) is 6.67.